The van der Waals surface area contributed by atoms with Crippen molar-refractivity contribution in [1.29, 1.82) is 0 Å². The number of carboxylic acid groups (broad SMARTS) is 1. The van der Waals surface area contributed by atoms with Gasteiger partial charge in [0.25, 0.3) is 0 Å². The van der Waals surface area contributed by atoms with Crippen LogP contribution in [0.3, 0.4) is 0 Å². The fraction of sp³-hybridized carbons (Fsp3) is 0.444. The van der Waals surface area contributed by atoms with E-state index in [0.717, 1.165) is 17.8 Å². The van der Waals surface area contributed by atoms with E-state index < -0.39 is 5.97 Å². The lowest BCUT2D eigenvalue weighted by Crippen LogP contribution is -2.40. The van der Waals surface area contributed by atoms with Crippen molar-refractivity contribution in [2.24, 2.45) is 5.92 Å². The number of amides is 1. The molecule has 0 radical (unpaired) electrons. The molecule has 0 unspecified atom stereocenters. The first-order chi connectivity index (χ1) is 12.6. The highest BCUT2D eigenvalue weighted by Crippen LogP contribution is 2.26. The zero-order valence-electron chi connectivity index (χ0n) is 14.3. The van der Waals surface area contributed by atoms with Crippen LogP contribution in [-0.4, -0.2) is 56.4 Å². The summed E-state index contributed by atoms with van der Waals surface area (Å²) in [6.45, 7) is 2.33. The van der Waals surface area contributed by atoms with Gasteiger partial charge in [-0.25, -0.2) is 4.79 Å². The summed E-state index contributed by atoms with van der Waals surface area (Å²) in [6, 6.07) is 5.61. The highest BCUT2D eigenvalue weighted by Gasteiger charge is 2.34. The maximum Gasteiger partial charge on any atom is 0.356 e. The summed E-state index contributed by atoms with van der Waals surface area (Å²) < 4.78 is 7.02. The van der Waals surface area contributed by atoms with Crippen LogP contribution in [-0.2, 0) is 29.0 Å². The number of carboxylic acids is 1. The molecular formula is C18H20N4O4. The molecule has 26 heavy (non-hydrogen) atoms. The average Bonchev–Trinajstić information content (AvgIpc) is 3.30. The van der Waals surface area contributed by atoms with E-state index in [1.165, 1.54) is 0 Å². The van der Waals surface area contributed by atoms with Crippen molar-refractivity contribution in [3.63, 3.8) is 0 Å². The smallest absolute Gasteiger partial charge is 0.356 e. The molecule has 1 saturated heterocycles. The van der Waals surface area contributed by atoms with E-state index in [4.69, 9.17) is 4.74 Å². The van der Waals surface area contributed by atoms with Gasteiger partial charge in [0.05, 0.1) is 24.8 Å². The van der Waals surface area contributed by atoms with Crippen LogP contribution in [0.25, 0.3) is 0 Å². The minimum Gasteiger partial charge on any atom is -0.476 e. The van der Waals surface area contributed by atoms with Gasteiger partial charge in [-0.1, -0.05) is 6.07 Å². The predicted octanol–water partition coefficient (Wildman–Crippen LogP) is 0.946. The van der Waals surface area contributed by atoms with Gasteiger partial charge >= 0.3 is 5.97 Å². The quantitative estimate of drug-likeness (QED) is 0.876. The molecule has 4 heterocycles. The van der Waals surface area contributed by atoms with Crippen molar-refractivity contribution in [2.45, 2.75) is 25.9 Å². The van der Waals surface area contributed by atoms with Gasteiger partial charge in [0.15, 0.2) is 5.69 Å². The van der Waals surface area contributed by atoms with Gasteiger partial charge in [-0.05, 0) is 18.6 Å². The largest absolute Gasteiger partial charge is 0.476 e. The maximum absolute atomic E-state index is 12.7. The van der Waals surface area contributed by atoms with E-state index in [1.807, 2.05) is 18.2 Å². The molecule has 1 fully saturated rings. The second-order valence-electron chi connectivity index (χ2n) is 6.63. The van der Waals surface area contributed by atoms with Crippen LogP contribution in [0, 0.1) is 5.92 Å². The van der Waals surface area contributed by atoms with Gasteiger partial charge in [0.1, 0.15) is 0 Å². The summed E-state index contributed by atoms with van der Waals surface area (Å²) >= 11 is 0. The summed E-state index contributed by atoms with van der Waals surface area (Å²) in [5.74, 6) is -1.14. The first kappa shape index (κ1) is 16.7. The summed E-state index contributed by atoms with van der Waals surface area (Å²) in [7, 11) is 0. The fourth-order valence-corrected chi connectivity index (χ4v) is 3.61. The zero-order chi connectivity index (χ0) is 18.1. The van der Waals surface area contributed by atoms with Gasteiger partial charge in [-0.2, -0.15) is 5.10 Å². The Bertz CT molecular complexity index is 827. The van der Waals surface area contributed by atoms with Crippen LogP contribution in [0.4, 0.5) is 0 Å². The minimum atomic E-state index is -1.07. The monoisotopic (exact) mass is 356 g/mol. The molecule has 0 bridgehead atoms. The third-order valence-electron chi connectivity index (χ3n) is 4.97. The number of aromatic carboxylic acids is 1. The second kappa shape index (κ2) is 6.87. The second-order valence-corrected chi connectivity index (χ2v) is 6.63. The van der Waals surface area contributed by atoms with Gasteiger partial charge < -0.3 is 14.7 Å². The summed E-state index contributed by atoms with van der Waals surface area (Å²) in [5, 5.41) is 13.8. The van der Waals surface area contributed by atoms with Crippen molar-refractivity contribution in [3.05, 3.63) is 47.0 Å². The number of fused-ring (bicyclic) bond motifs is 1. The lowest BCUT2D eigenvalue weighted by atomic mass is 10.0. The average molecular weight is 356 g/mol. The normalized spacial score (nSPS) is 19.4. The highest BCUT2D eigenvalue weighted by molar-refractivity contribution is 5.88. The lowest BCUT2D eigenvalue weighted by Gasteiger charge is -2.29. The molecule has 136 valence electrons. The van der Waals surface area contributed by atoms with E-state index >= 15 is 0 Å². The number of hydrogen-bond donors (Lipinski definition) is 1. The minimum absolute atomic E-state index is 0.0242. The standard InChI is InChI=1S/C18H20N4O4/c23-17(12-5-8-26-11-12)21-7-4-15-14(10-21)16(18(24)25)20-22(15)9-13-3-1-2-6-19-13/h1-3,6,12H,4-5,7-11H2,(H,24,25)/t12-/m0/s1. The van der Waals surface area contributed by atoms with Gasteiger partial charge in [0, 0.05) is 43.6 Å². The topological polar surface area (TPSA) is 97.5 Å². The summed E-state index contributed by atoms with van der Waals surface area (Å²) in [4.78, 5) is 30.3. The predicted molar refractivity (Wildman–Crippen MR) is 90.6 cm³/mol. The van der Waals surface area contributed by atoms with E-state index in [2.05, 4.69) is 10.1 Å². The number of pyridine rings is 1. The van der Waals surface area contributed by atoms with E-state index in [9.17, 15) is 14.7 Å². The molecule has 0 spiro atoms. The number of nitrogens with zero attached hydrogens (tertiary/aromatic N) is 4. The van der Waals surface area contributed by atoms with Crippen LogP contribution in [0.1, 0.15) is 33.9 Å². The molecule has 0 aromatic carbocycles. The molecule has 1 N–H and O–H groups in total. The van der Waals surface area contributed by atoms with Crippen LogP contribution >= 0.6 is 0 Å². The third kappa shape index (κ3) is 3.08. The Kier molecular flexibility index (Phi) is 4.42. The molecule has 2 aromatic heterocycles. The zero-order valence-corrected chi connectivity index (χ0v) is 14.3. The Balaban J connectivity index is 1.61. The molecule has 2 aromatic rings. The number of hydrogen-bond acceptors (Lipinski definition) is 5. The Labute approximate surface area is 150 Å². The summed E-state index contributed by atoms with van der Waals surface area (Å²) in [5.41, 5.74) is 2.35. The van der Waals surface area contributed by atoms with Crippen molar-refractivity contribution < 1.29 is 19.4 Å². The van der Waals surface area contributed by atoms with Crippen molar-refractivity contribution in [1.82, 2.24) is 19.7 Å². The SMILES string of the molecule is O=C(O)c1nn(Cc2ccccn2)c2c1CN(C(=O)[C@H]1CCOC1)CC2. The van der Waals surface area contributed by atoms with Crippen molar-refractivity contribution in [3.8, 4) is 0 Å². The number of carbonyl (C=O) groups is 2. The number of rotatable bonds is 4. The molecule has 1 atom stereocenters. The van der Waals surface area contributed by atoms with Gasteiger partial charge in [-0.15, -0.1) is 0 Å². The van der Waals surface area contributed by atoms with E-state index in [0.29, 0.717) is 38.3 Å². The molecule has 8 nitrogen and oxygen atoms in total. The molecule has 0 saturated carbocycles. The van der Waals surface area contributed by atoms with Gasteiger partial charge in [-0.3, -0.25) is 14.5 Å². The van der Waals surface area contributed by atoms with Crippen LogP contribution in [0.5, 0.6) is 0 Å². The van der Waals surface area contributed by atoms with Gasteiger partial charge in [0.2, 0.25) is 5.91 Å². The molecular weight excluding hydrogens is 336 g/mol. The lowest BCUT2D eigenvalue weighted by molar-refractivity contribution is -0.136. The Morgan fingerprint density at radius 1 is 1.35 bits per heavy atom. The van der Waals surface area contributed by atoms with Crippen LogP contribution in [0.2, 0.25) is 0 Å². The van der Waals surface area contributed by atoms with Crippen molar-refractivity contribution >= 4 is 11.9 Å². The van der Waals surface area contributed by atoms with Crippen molar-refractivity contribution in [2.75, 3.05) is 19.8 Å². The molecule has 2 aliphatic rings. The van der Waals surface area contributed by atoms with E-state index in [1.54, 1.807) is 15.8 Å². The number of aromatic nitrogens is 3. The molecule has 4 rings (SSSR count). The Morgan fingerprint density at radius 2 is 2.23 bits per heavy atom. The fourth-order valence-electron chi connectivity index (χ4n) is 3.61. The number of ether oxygens (including phenoxy) is 1. The molecule has 0 aliphatic carbocycles. The first-order valence-electron chi connectivity index (χ1n) is 8.72. The highest BCUT2D eigenvalue weighted by atomic mass is 16.5. The molecule has 1 amide bonds. The summed E-state index contributed by atoms with van der Waals surface area (Å²) in [6.07, 6.45) is 3.02. The number of carbonyl (C=O) groups excluding carboxylic acids is 1. The van der Waals surface area contributed by atoms with Crippen LogP contribution in [0.15, 0.2) is 24.4 Å². The first-order valence-corrected chi connectivity index (χ1v) is 8.72. The maximum atomic E-state index is 12.7. The van der Waals surface area contributed by atoms with E-state index in [-0.39, 0.29) is 24.1 Å². The molecule has 8 heteroatoms. The Morgan fingerprint density at radius 3 is 2.92 bits per heavy atom. The van der Waals surface area contributed by atoms with Crippen LogP contribution < -0.4 is 0 Å². The Hall–Kier alpha value is -2.74. The molecule has 2 aliphatic heterocycles. The third-order valence-corrected chi connectivity index (χ3v) is 4.97.